The molecule has 0 radical (unpaired) electrons. The number of furan rings is 1. The number of ether oxygens (including phenoxy) is 1. The van der Waals surface area contributed by atoms with Crippen LogP contribution in [0.4, 0.5) is 0 Å². The Morgan fingerprint density at radius 2 is 2.00 bits per heavy atom. The van der Waals surface area contributed by atoms with Crippen molar-refractivity contribution in [3.63, 3.8) is 0 Å². The molecule has 33 heavy (non-hydrogen) atoms. The Balaban J connectivity index is 1.38. The maximum absolute atomic E-state index is 13.2. The van der Waals surface area contributed by atoms with E-state index in [9.17, 15) is 9.90 Å². The fraction of sp³-hybridized carbons (Fsp3) is 0.296. The Morgan fingerprint density at radius 1 is 1.15 bits per heavy atom. The van der Waals surface area contributed by atoms with Crippen molar-refractivity contribution in [3.05, 3.63) is 78.6 Å². The molecular weight excluding hydrogens is 416 g/mol. The number of likely N-dealkylation sites (tertiary alicyclic amines) is 1. The summed E-state index contributed by atoms with van der Waals surface area (Å²) in [6.07, 6.45) is 2.09. The van der Waals surface area contributed by atoms with E-state index in [2.05, 4.69) is 29.2 Å². The molecule has 2 heterocycles. The van der Waals surface area contributed by atoms with E-state index in [-0.39, 0.29) is 24.7 Å². The van der Waals surface area contributed by atoms with E-state index in [0.29, 0.717) is 18.8 Å². The van der Waals surface area contributed by atoms with E-state index in [0.717, 1.165) is 40.3 Å². The van der Waals surface area contributed by atoms with E-state index in [1.54, 1.807) is 11.2 Å². The molecule has 1 aliphatic heterocycles. The van der Waals surface area contributed by atoms with Gasteiger partial charge in [0.15, 0.2) is 6.61 Å². The van der Waals surface area contributed by atoms with Crippen LogP contribution >= 0.6 is 0 Å². The number of carbonyl (C=O) groups is 1. The lowest BCUT2D eigenvalue weighted by atomic mass is 9.97. The van der Waals surface area contributed by atoms with Gasteiger partial charge < -0.3 is 19.2 Å². The maximum atomic E-state index is 13.2. The average Bonchev–Trinajstić information content (AvgIpc) is 3.48. The van der Waals surface area contributed by atoms with Crippen molar-refractivity contribution >= 4 is 27.6 Å². The summed E-state index contributed by atoms with van der Waals surface area (Å²) in [6, 6.07) is 21.7. The number of hydrogen-bond acceptors (Lipinski definition) is 5. The highest BCUT2D eigenvalue weighted by Crippen LogP contribution is 2.30. The van der Waals surface area contributed by atoms with E-state index >= 15 is 0 Å². The number of nitrogens with zero attached hydrogens (tertiary/aromatic N) is 2. The molecule has 1 aliphatic rings. The molecule has 1 aromatic heterocycles. The number of fused-ring (bicyclic) bond motifs is 2. The number of aliphatic hydroxyl groups excluding tert-OH is 1. The van der Waals surface area contributed by atoms with Gasteiger partial charge in [-0.25, -0.2) is 0 Å². The summed E-state index contributed by atoms with van der Waals surface area (Å²) in [5, 5.41) is 13.2. The molecule has 0 saturated carbocycles. The van der Waals surface area contributed by atoms with E-state index < -0.39 is 0 Å². The fourth-order valence-corrected chi connectivity index (χ4v) is 4.65. The first kappa shape index (κ1) is 21.5. The minimum atomic E-state index is -0.305. The molecule has 1 saturated heterocycles. The van der Waals surface area contributed by atoms with Crippen LogP contribution in [0.5, 0.6) is 5.75 Å². The zero-order valence-electron chi connectivity index (χ0n) is 18.7. The first-order valence-electron chi connectivity index (χ1n) is 11.3. The zero-order chi connectivity index (χ0) is 22.8. The Bertz CT molecular complexity index is 1260. The zero-order valence-corrected chi connectivity index (χ0v) is 18.7. The summed E-state index contributed by atoms with van der Waals surface area (Å²) in [5.74, 6) is 0.537. The molecule has 2 unspecified atom stereocenters. The van der Waals surface area contributed by atoms with Crippen LogP contribution in [0.1, 0.15) is 18.0 Å². The molecule has 0 aliphatic carbocycles. The number of aliphatic hydroxyl groups is 1. The van der Waals surface area contributed by atoms with Gasteiger partial charge in [-0.15, -0.1) is 0 Å². The standard InChI is InChI=1S/C27H28N2O4/c1-28(27(31)18-33-22-9-10-26-20(15-22)12-14-32-26)25(17-29-13-11-21(30)16-29)24-8-4-6-19-5-2-3-7-23(19)24/h2-10,12,14-15,21,25,30H,11,13,16-18H2,1H3. The minimum absolute atomic E-state index is 0.0518. The number of amides is 1. The Morgan fingerprint density at radius 3 is 2.85 bits per heavy atom. The SMILES string of the molecule is CN(C(=O)COc1ccc2occc2c1)C(CN1CCC(O)C1)c1cccc2ccccc12. The number of rotatable bonds is 7. The molecule has 2 atom stereocenters. The number of likely N-dealkylation sites (N-methyl/N-ethyl adjacent to an activating group) is 1. The summed E-state index contributed by atoms with van der Waals surface area (Å²) in [7, 11) is 1.84. The van der Waals surface area contributed by atoms with Crippen LogP contribution in [0, 0.1) is 0 Å². The van der Waals surface area contributed by atoms with Crippen LogP contribution in [0.2, 0.25) is 0 Å². The predicted octanol–water partition coefficient (Wildman–Crippen LogP) is 4.23. The van der Waals surface area contributed by atoms with Gasteiger partial charge in [0.2, 0.25) is 0 Å². The predicted molar refractivity (Wildman–Crippen MR) is 128 cm³/mol. The topological polar surface area (TPSA) is 66.2 Å². The third-order valence-electron chi connectivity index (χ3n) is 6.51. The van der Waals surface area contributed by atoms with Crippen molar-refractivity contribution in [2.75, 3.05) is 33.3 Å². The fourth-order valence-electron chi connectivity index (χ4n) is 4.65. The second-order valence-electron chi connectivity index (χ2n) is 8.70. The van der Waals surface area contributed by atoms with Crippen molar-refractivity contribution in [3.8, 4) is 5.75 Å². The Kier molecular flexibility index (Phi) is 6.03. The number of carbonyl (C=O) groups excluding carboxylic acids is 1. The highest BCUT2D eigenvalue weighted by Gasteiger charge is 2.29. The van der Waals surface area contributed by atoms with Crippen molar-refractivity contribution < 1.29 is 19.1 Å². The van der Waals surface area contributed by atoms with Crippen LogP contribution < -0.4 is 4.74 Å². The lowest BCUT2D eigenvalue weighted by molar-refractivity contribution is -0.134. The van der Waals surface area contributed by atoms with Gasteiger partial charge in [-0.2, -0.15) is 0 Å². The molecule has 6 nitrogen and oxygen atoms in total. The van der Waals surface area contributed by atoms with Gasteiger partial charge >= 0.3 is 0 Å². The summed E-state index contributed by atoms with van der Waals surface area (Å²) in [4.78, 5) is 17.2. The summed E-state index contributed by atoms with van der Waals surface area (Å²) < 4.78 is 11.2. The van der Waals surface area contributed by atoms with Crippen LogP contribution in [-0.4, -0.2) is 60.2 Å². The first-order chi connectivity index (χ1) is 16.1. The molecule has 170 valence electrons. The molecule has 0 spiro atoms. The van der Waals surface area contributed by atoms with Crippen molar-refractivity contribution in [1.82, 2.24) is 9.80 Å². The Labute approximate surface area is 193 Å². The first-order valence-corrected chi connectivity index (χ1v) is 11.3. The third-order valence-corrected chi connectivity index (χ3v) is 6.51. The molecule has 1 fully saturated rings. The van der Waals surface area contributed by atoms with Gasteiger partial charge in [0.1, 0.15) is 11.3 Å². The highest BCUT2D eigenvalue weighted by atomic mass is 16.5. The van der Waals surface area contributed by atoms with Gasteiger partial charge in [0, 0.05) is 32.1 Å². The molecule has 3 aromatic carbocycles. The summed E-state index contributed by atoms with van der Waals surface area (Å²) in [5.41, 5.74) is 1.89. The average molecular weight is 445 g/mol. The van der Waals surface area contributed by atoms with Gasteiger partial charge in [0.25, 0.3) is 5.91 Å². The minimum Gasteiger partial charge on any atom is -0.484 e. The molecule has 1 N–H and O–H groups in total. The molecule has 4 aromatic rings. The van der Waals surface area contributed by atoms with E-state index in [1.807, 2.05) is 49.5 Å². The van der Waals surface area contributed by atoms with E-state index in [4.69, 9.17) is 9.15 Å². The smallest absolute Gasteiger partial charge is 0.260 e. The van der Waals surface area contributed by atoms with Gasteiger partial charge in [-0.1, -0.05) is 42.5 Å². The van der Waals surface area contributed by atoms with Crippen molar-refractivity contribution in [2.24, 2.45) is 0 Å². The van der Waals surface area contributed by atoms with Crippen LogP contribution in [-0.2, 0) is 4.79 Å². The van der Waals surface area contributed by atoms with Crippen LogP contribution in [0.15, 0.2) is 77.4 Å². The normalized spacial score (nSPS) is 17.5. The van der Waals surface area contributed by atoms with Gasteiger partial charge in [-0.3, -0.25) is 9.69 Å². The number of hydrogen-bond donors (Lipinski definition) is 1. The molecule has 6 heteroatoms. The van der Waals surface area contributed by atoms with Crippen molar-refractivity contribution in [1.29, 1.82) is 0 Å². The Hall–Kier alpha value is -3.35. The maximum Gasteiger partial charge on any atom is 0.260 e. The van der Waals surface area contributed by atoms with Crippen LogP contribution in [0.25, 0.3) is 21.7 Å². The van der Waals surface area contributed by atoms with E-state index in [1.165, 1.54) is 0 Å². The second kappa shape index (κ2) is 9.25. The third kappa shape index (κ3) is 4.58. The quantitative estimate of drug-likeness (QED) is 0.462. The molecule has 5 rings (SSSR count). The van der Waals surface area contributed by atoms with Gasteiger partial charge in [-0.05, 0) is 47.0 Å². The molecular formula is C27H28N2O4. The largest absolute Gasteiger partial charge is 0.484 e. The molecule has 0 bridgehead atoms. The summed E-state index contributed by atoms with van der Waals surface area (Å²) >= 11 is 0. The highest BCUT2D eigenvalue weighted by molar-refractivity contribution is 5.87. The van der Waals surface area contributed by atoms with Gasteiger partial charge in [0.05, 0.1) is 18.4 Å². The molecule has 1 amide bonds. The summed E-state index contributed by atoms with van der Waals surface area (Å²) in [6.45, 7) is 2.06. The number of benzene rings is 3. The second-order valence-corrected chi connectivity index (χ2v) is 8.70. The lowest BCUT2D eigenvalue weighted by Crippen LogP contribution is -2.41. The van der Waals surface area contributed by atoms with Crippen molar-refractivity contribution in [2.45, 2.75) is 18.6 Å². The van der Waals surface area contributed by atoms with Crippen LogP contribution in [0.3, 0.4) is 0 Å². The number of β-amino-alcohol motifs (C(OH)–C–C–N with tert-alkyl or cyclic N) is 1. The monoisotopic (exact) mass is 444 g/mol. The lowest BCUT2D eigenvalue weighted by Gasteiger charge is -2.33.